The summed E-state index contributed by atoms with van der Waals surface area (Å²) < 4.78 is 0. The summed E-state index contributed by atoms with van der Waals surface area (Å²) in [5.74, 6) is 0. The number of amides is 2. The lowest BCUT2D eigenvalue weighted by Crippen LogP contribution is -2.19. The van der Waals surface area contributed by atoms with Crippen LogP contribution in [0, 0.1) is 0 Å². The van der Waals surface area contributed by atoms with Gasteiger partial charge in [0.15, 0.2) is 0 Å². The Kier molecular flexibility index (Phi) is 7.23. The highest BCUT2D eigenvalue weighted by Crippen LogP contribution is 1.96. The van der Waals surface area contributed by atoms with Crippen molar-refractivity contribution in [3.05, 3.63) is 35.9 Å². The summed E-state index contributed by atoms with van der Waals surface area (Å²) in [5, 5.41) is 10.5. The largest absolute Gasteiger partial charge is 0.465 e. The van der Waals surface area contributed by atoms with Crippen molar-refractivity contribution in [2.75, 3.05) is 14.1 Å². The van der Waals surface area contributed by atoms with E-state index in [1.54, 1.807) is 14.1 Å². The topological polar surface area (TPSA) is 69.6 Å². The summed E-state index contributed by atoms with van der Waals surface area (Å²) in [6, 6.07) is 9.38. The molecule has 2 N–H and O–H groups in total. The van der Waals surface area contributed by atoms with Gasteiger partial charge in [0.05, 0.1) is 0 Å². The average Bonchev–Trinajstić information content (AvgIpc) is 2.28. The third-order valence-electron chi connectivity index (χ3n) is 1.50. The standard InChI is InChI=1S/C8H9NO2.C3H7NO/c10-8(11)9-6-7-4-2-1-3-5-7;1-4(2)3-5/h1-5,9H,6H2,(H,10,11);3H,1-2H3. The normalized spacial score (nSPS) is 8.38. The van der Waals surface area contributed by atoms with Crippen LogP contribution in [0.1, 0.15) is 5.56 Å². The molecule has 0 saturated carbocycles. The Morgan fingerprint density at radius 3 is 2.25 bits per heavy atom. The molecule has 0 heterocycles. The molecule has 2 amide bonds. The number of rotatable bonds is 3. The molecule has 0 unspecified atom stereocenters. The number of carbonyl (C=O) groups is 2. The fourth-order valence-electron chi connectivity index (χ4n) is 0.774. The molecule has 88 valence electrons. The molecular formula is C11H16N2O3. The van der Waals surface area contributed by atoms with Gasteiger partial charge in [0.25, 0.3) is 0 Å². The van der Waals surface area contributed by atoms with Crippen LogP contribution in [0.5, 0.6) is 0 Å². The zero-order valence-corrected chi connectivity index (χ0v) is 9.38. The molecule has 0 atom stereocenters. The Hall–Kier alpha value is -2.04. The van der Waals surface area contributed by atoms with Crippen LogP contribution in [0.4, 0.5) is 4.79 Å². The molecule has 0 aliphatic heterocycles. The lowest BCUT2D eigenvalue weighted by Gasteiger charge is -1.98. The van der Waals surface area contributed by atoms with E-state index in [-0.39, 0.29) is 0 Å². The van der Waals surface area contributed by atoms with E-state index in [1.807, 2.05) is 30.3 Å². The monoisotopic (exact) mass is 224 g/mol. The first-order valence-electron chi connectivity index (χ1n) is 4.68. The molecule has 0 spiro atoms. The van der Waals surface area contributed by atoms with Gasteiger partial charge in [-0.3, -0.25) is 4.79 Å². The van der Waals surface area contributed by atoms with Gasteiger partial charge in [0.1, 0.15) is 0 Å². The summed E-state index contributed by atoms with van der Waals surface area (Å²) in [5.41, 5.74) is 0.968. The molecule has 1 aromatic carbocycles. The van der Waals surface area contributed by atoms with Crippen LogP contribution >= 0.6 is 0 Å². The van der Waals surface area contributed by atoms with Gasteiger partial charge in [-0.15, -0.1) is 0 Å². The van der Waals surface area contributed by atoms with Crippen LogP contribution in [-0.2, 0) is 11.3 Å². The van der Waals surface area contributed by atoms with Crippen LogP contribution in [0.15, 0.2) is 30.3 Å². The van der Waals surface area contributed by atoms with E-state index in [1.165, 1.54) is 4.90 Å². The summed E-state index contributed by atoms with van der Waals surface area (Å²) in [4.78, 5) is 20.9. The number of nitrogens with zero attached hydrogens (tertiary/aromatic N) is 1. The molecule has 0 aliphatic rings. The van der Waals surface area contributed by atoms with E-state index in [0.717, 1.165) is 12.0 Å². The molecule has 0 aromatic heterocycles. The van der Waals surface area contributed by atoms with Crippen LogP contribution in [0.2, 0.25) is 0 Å². The molecule has 1 aromatic rings. The van der Waals surface area contributed by atoms with Crippen molar-refractivity contribution in [3.8, 4) is 0 Å². The van der Waals surface area contributed by atoms with Gasteiger partial charge in [-0.25, -0.2) is 4.79 Å². The van der Waals surface area contributed by atoms with Gasteiger partial charge in [0, 0.05) is 20.6 Å². The molecule has 0 saturated heterocycles. The van der Waals surface area contributed by atoms with Crippen molar-refractivity contribution in [3.63, 3.8) is 0 Å². The lowest BCUT2D eigenvalue weighted by molar-refractivity contribution is -0.115. The fourth-order valence-corrected chi connectivity index (χ4v) is 0.774. The van der Waals surface area contributed by atoms with E-state index in [9.17, 15) is 9.59 Å². The third-order valence-corrected chi connectivity index (χ3v) is 1.50. The Labute approximate surface area is 94.7 Å². The summed E-state index contributed by atoms with van der Waals surface area (Å²) in [7, 11) is 3.38. The third kappa shape index (κ3) is 8.55. The Bertz CT molecular complexity index is 312. The zero-order chi connectivity index (χ0) is 12.4. The average molecular weight is 224 g/mol. The highest BCUT2D eigenvalue weighted by molar-refractivity contribution is 5.64. The zero-order valence-electron chi connectivity index (χ0n) is 9.38. The lowest BCUT2D eigenvalue weighted by atomic mass is 10.2. The molecule has 0 aliphatic carbocycles. The molecule has 5 heteroatoms. The maximum Gasteiger partial charge on any atom is 0.404 e. The van der Waals surface area contributed by atoms with E-state index in [2.05, 4.69) is 5.32 Å². The van der Waals surface area contributed by atoms with Crippen LogP contribution in [-0.4, -0.2) is 36.6 Å². The molecule has 5 nitrogen and oxygen atoms in total. The quantitative estimate of drug-likeness (QED) is 0.757. The van der Waals surface area contributed by atoms with E-state index >= 15 is 0 Å². The Morgan fingerprint density at radius 2 is 1.88 bits per heavy atom. The minimum absolute atomic E-state index is 0.371. The van der Waals surface area contributed by atoms with Gasteiger partial charge in [-0.05, 0) is 5.56 Å². The number of hydrogen-bond donors (Lipinski definition) is 2. The molecule has 1 rings (SSSR count). The van der Waals surface area contributed by atoms with Gasteiger partial charge >= 0.3 is 6.09 Å². The SMILES string of the molecule is CN(C)C=O.O=C(O)NCc1ccccc1. The van der Waals surface area contributed by atoms with E-state index < -0.39 is 6.09 Å². The smallest absolute Gasteiger partial charge is 0.404 e. The summed E-state index contributed by atoms with van der Waals surface area (Å²) >= 11 is 0. The molecule has 16 heavy (non-hydrogen) atoms. The molecule has 0 radical (unpaired) electrons. The van der Waals surface area contributed by atoms with Crippen molar-refractivity contribution in [2.45, 2.75) is 6.54 Å². The fraction of sp³-hybridized carbons (Fsp3) is 0.273. The van der Waals surface area contributed by atoms with Crippen LogP contribution in [0.25, 0.3) is 0 Å². The van der Waals surface area contributed by atoms with Crippen molar-refractivity contribution in [2.24, 2.45) is 0 Å². The van der Waals surface area contributed by atoms with Crippen molar-refractivity contribution >= 4 is 12.5 Å². The first-order chi connectivity index (χ1) is 7.56. The van der Waals surface area contributed by atoms with Gasteiger partial charge < -0.3 is 15.3 Å². The highest BCUT2D eigenvalue weighted by Gasteiger charge is 1.93. The van der Waals surface area contributed by atoms with Crippen molar-refractivity contribution in [1.82, 2.24) is 10.2 Å². The number of carbonyl (C=O) groups excluding carboxylic acids is 1. The molecule has 0 fully saturated rings. The van der Waals surface area contributed by atoms with Crippen LogP contribution in [0.3, 0.4) is 0 Å². The molecular weight excluding hydrogens is 208 g/mol. The number of nitrogens with one attached hydrogen (secondary N) is 1. The van der Waals surface area contributed by atoms with Gasteiger partial charge in [0.2, 0.25) is 6.41 Å². The minimum atomic E-state index is -0.992. The number of benzene rings is 1. The second-order valence-corrected chi connectivity index (χ2v) is 3.21. The van der Waals surface area contributed by atoms with Gasteiger partial charge in [-0.2, -0.15) is 0 Å². The van der Waals surface area contributed by atoms with Gasteiger partial charge in [-0.1, -0.05) is 30.3 Å². The maximum absolute atomic E-state index is 10.1. The Morgan fingerprint density at radius 1 is 1.38 bits per heavy atom. The van der Waals surface area contributed by atoms with Crippen molar-refractivity contribution in [1.29, 1.82) is 0 Å². The number of hydrogen-bond acceptors (Lipinski definition) is 2. The minimum Gasteiger partial charge on any atom is -0.465 e. The number of carboxylic acid groups (broad SMARTS) is 1. The van der Waals surface area contributed by atoms with E-state index in [0.29, 0.717) is 6.54 Å². The van der Waals surface area contributed by atoms with Crippen LogP contribution < -0.4 is 5.32 Å². The second-order valence-electron chi connectivity index (χ2n) is 3.21. The predicted octanol–water partition coefficient (Wildman–Crippen LogP) is 1.16. The predicted molar refractivity (Wildman–Crippen MR) is 61.1 cm³/mol. The van der Waals surface area contributed by atoms with Crippen molar-refractivity contribution < 1.29 is 14.7 Å². The summed E-state index contributed by atoms with van der Waals surface area (Å²) in [6.45, 7) is 0.371. The van der Waals surface area contributed by atoms with E-state index in [4.69, 9.17) is 5.11 Å². The highest BCUT2D eigenvalue weighted by atomic mass is 16.4. The maximum atomic E-state index is 10.1. The molecule has 0 bridgehead atoms. The Balaban J connectivity index is 0.000000385. The first kappa shape index (κ1) is 14.0. The summed E-state index contributed by atoms with van der Waals surface area (Å²) in [6.07, 6.45) is -0.242. The second kappa shape index (κ2) is 8.28. The first-order valence-corrected chi connectivity index (χ1v) is 4.68.